The van der Waals surface area contributed by atoms with E-state index in [2.05, 4.69) is 4.98 Å². The lowest BCUT2D eigenvalue weighted by atomic mass is 10.2. The number of hydrogen-bond donors (Lipinski definition) is 0. The molecule has 0 radical (unpaired) electrons. The summed E-state index contributed by atoms with van der Waals surface area (Å²) in [5, 5.41) is 1.04. The van der Waals surface area contributed by atoms with Crippen molar-refractivity contribution in [2.75, 3.05) is 13.6 Å². The molecule has 1 aromatic carbocycles. The Kier molecular flexibility index (Phi) is 5.99. The zero-order chi connectivity index (χ0) is 15.9. The van der Waals surface area contributed by atoms with Gasteiger partial charge in [-0.15, -0.1) is 0 Å². The maximum atomic E-state index is 12.1. The van der Waals surface area contributed by atoms with Gasteiger partial charge in [-0.1, -0.05) is 35.3 Å². The van der Waals surface area contributed by atoms with E-state index in [1.54, 1.807) is 42.4 Å². The van der Waals surface area contributed by atoms with E-state index >= 15 is 0 Å². The molecule has 0 saturated carbocycles. The minimum atomic E-state index is -0.105. The zero-order valence-electron chi connectivity index (χ0n) is 12.2. The fraction of sp³-hybridized carbons (Fsp3) is 0.176. The smallest absolute Gasteiger partial charge is 0.246 e. The minimum Gasteiger partial charge on any atom is -0.342 e. The van der Waals surface area contributed by atoms with Gasteiger partial charge in [-0.2, -0.15) is 0 Å². The van der Waals surface area contributed by atoms with Gasteiger partial charge >= 0.3 is 0 Å². The summed E-state index contributed by atoms with van der Waals surface area (Å²) in [6.45, 7) is 0.594. The first-order valence-electron chi connectivity index (χ1n) is 6.85. The molecule has 0 unspecified atom stereocenters. The van der Waals surface area contributed by atoms with Crippen LogP contribution in [0.4, 0.5) is 0 Å². The van der Waals surface area contributed by atoms with Crippen LogP contribution in [0.2, 0.25) is 10.0 Å². The molecule has 2 aromatic rings. The van der Waals surface area contributed by atoms with Crippen LogP contribution in [0.3, 0.4) is 0 Å². The van der Waals surface area contributed by atoms with Crippen LogP contribution in [0.25, 0.3) is 6.08 Å². The van der Waals surface area contributed by atoms with Crippen molar-refractivity contribution in [3.8, 4) is 0 Å². The highest BCUT2D eigenvalue weighted by molar-refractivity contribution is 6.37. The third-order valence-corrected chi connectivity index (χ3v) is 3.86. The van der Waals surface area contributed by atoms with Crippen LogP contribution in [0.1, 0.15) is 11.3 Å². The topological polar surface area (TPSA) is 33.2 Å². The van der Waals surface area contributed by atoms with E-state index in [1.165, 1.54) is 6.08 Å². The summed E-state index contributed by atoms with van der Waals surface area (Å²) in [5.41, 5.74) is 1.61. The number of carbonyl (C=O) groups is 1. The van der Waals surface area contributed by atoms with E-state index in [4.69, 9.17) is 23.2 Å². The average molecular weight is 335 g/mol. The highest BCUT2D eigenvalue weighted by Crippen LogP contribution is 2.25. The Morgan fingerprint density at radius 3 is 2.55 bits per heavy atom. The lowest BCUT2D eigenvalue weighted by Crippen LogP contribution is -2.27. The Balaban J connectivity index is 1.95. The van der Waals surface area contributed by atoms with Crippen molar-refractivity contribution in [3.05, 3.63) is 70.0 Å². The number of likely N-dealkylation sites (N-methyl/N-ethyl adjacent to an activating group) is 1. The third-order valence-electron chi connectivity index (χ3n) is 3.20. The molecule has 0 atom stereocenters. The molecule has 1 amide bonds. The highest BCUT2D eigenvalue weighted by Gasteiger charge is 2.07. The van der Waals surface area contributed by atoms with Gasteiger partial charge in [0.25, 0.3) is 0 Å². The summed E-state index contributed by atoms with van der Waals surface area (Å²) in [6.07, 6.45) is 5.58. The summed E-state index contributed by atoms with van der Waals surface area (Å²) in [6, 6.07) is 11.0. The largest absolute Gasteiger partial charge is 0.342 e. The molecule has 5 heteroatoms. The first-order valence-corrected chi connectivity index (χ1v) is 7.60. The van der Waals surface area contributed by atoms with Gasteiger partial charge in [-0.05, 0) is 30.3 Å². The summed E-state index contributed by atoms with van der Waals surface area (Å²) in [4.78, 5) is 18.0. The fourth-order valence-electron chi connectivity index (χ4n) is 1.89. The zero-order valence-corrected chi connectivity index (χ0v) is 13.7. The molecule has 0 saturated heterocycles. The van der Waals surface area contributed by atoms with Crippen LogP contribution in [0.5, 0.6) is 0 Å². The number of amides is 1. The lowest BCUT2D eigenvalue weighted by Gasteiger charge is -2.14. The van der Waals surface area contributed by atoms with E-state index in [0.29, 0.717) is 28.6 Å². The van der Waals surface area contributed by atoms with Crippen molar-refractivity contribution in [1.82, 2.24) is 9.88 Å². The van der Waals surface area contributed by atoms with E-state index < -0.39 is 0 Å². The highest BCUT2D eigenvalue weighted by atomic mass is 35.5. The monoisotopic (exact) mass is 334 g/mol. The number of pyridine rings is 1. The Morgan fingerprint density at radius 1 is 1.18 bits per heavy atom. The molecule has 22 heavy (non-hydrogen) atoms. The molecule has 0 aliphatic carbocycles. The molecule has 1 heterocycles. The van der Waals surface area contributed by atoms with Gasteiger partial charge in [0.2, 0.25) is 5.91 Å². The van der Waals surface area contributed by atoms with Gasteiger partial charge in [-0.25, -0.2) is 0 Å². The summed E-state index contributed by atoms with van der Waals surface area (Å²) < 4.78 is 0. The normalized spacial score (nSPS) is 10.9. The molecule has 0 fully saturated rings. The molecule has 114 valence electrons. The number of aromatic nitrogens is 1. The molecular formula is C17H16Cl2N2O. The Hall–Kier alpha value is -1.84. The number of hydrogen-bond acceptors (Lipinski definition) is 2. The van der Waals surface area contributed by atoms with Crippen molar-refractivity contribution in [2.24, 2.45) is 0 Å². The molecular weight excluding hydrogens is 319 g/mol. The Morgan fingerprint density at radius 2 is 1.91 bits per heavy atom. The number of benzene rings is 1. The maximum absolute atomic E-state index is 12.1. The van der Waals surface area contributed by atoms with Gasteiger partial charge < -0.3 is 4.90 Å². The van der Waals surface area contributed by atoms with Gasteiger partial charge in [0, 0.05) is 53.6 Å². The number of rotatable bonds is 5. The van der Waals surface area contributed by atoms with Crippen molar-refractivity contribution in [1.29, 1.82) is 0 Å². The number of carbonyl (C=O) groups excluding carboxylic acids is 1. The molecule has 0 aliphatic heterocycles. The third kappa shape index (κ3) is 4.58. The number of halogens is 2. The Labute approximate surface area is 140 Å². The van der Waals surface area contributed by atoms with Crippen molar-refractivity contribution in [2.45, 2.75) is 6.42 Å². The second-order valence-corrected chi connectivity index (χ2v) is 5.61. The summed E-state index contributed by atoms with van der Waals surface area (Å²) >= 11 is 12.1. The molecule has 0 spiro atoms. The van der Waals surface area contributed by atoms with E-state index in [0.717, 1.165) is 5.69 Å². The fourth-order valence-corrected chi connectivity index (χ4v) is 2.41. The predicted molar refractivity (Wildman–Crippen MR) is 91.1 cm³/mol. The lowest BCUT2D eigenvalue weighted by molar-refractivity contribution is -0.124. The van der Waals surface area contributed by atoms with Crippen LogP contribution < -0.4 is 0 Å². The predicted octanol–water partition coefficient (Wildman–Crippen LogP) is 4.10. The standard InChI is InChI=1S/C17H16Cl2N2O/c1-21(12-10-13-5-2-3-11-20-13)17(22)9-8-14-15(18)6-4-7-16(14)19/h2-9,11H,10,12H2,1H3/b9-8+. The van der Waals surface area contributed by atoms with Crippen molar-refractivity contribution >= 4 is 35.2 Å². The van der Waals surface area contributed by atoms with Crippen LogP contribution in [-0.2, 0) is 11.2 Å². The maximum Gasteiger partial charge on any atom is 0.246 e. The molecule has 2 rings (SSSR count). The van der Waals surface area contributed by atoms with Gasteiger partial charge in [-0.3, -0.25) is 9.78 Å². The number of nitrogens with zero attached hydrogens (tertiary/aromatic N) is 2. The van der Waals surface area contributed by atoms with E-state index in [1.807, 2.05) is 18.2 Å². The van der Waals surface area contributed by atoms with Crippen LogP contribution in [0.15, 0.2) is 48.7 Å². The van der Waals surface area contributed by atoms with Gasteiger partial charge in [0.15, 0.2) is 0 Å². The SMILES string of the molecule is CN(CCc1ccccn1)C(=O)/C=C/c1c(Cl)cccc1Cl. The molecule has 0 bridgehead atoms. The summed E-state index contributed by atoms with van der Waals surface area (Å²) in [7, 11) is 1.75. The van der Waals surface area contributed by atoms with Gasteiger partial charge in [0.05, 0.1) is 0 Å². The van der Waals surface area contributed by atoms with E-state index in [-0.39, 0.29) is 5.91 Å². The second-order valence-electron chi connectivity index (χ2n) is 4.80. The molecule has 0 aliphatic rings. The summed E-state index contributed by atoms with van der Waals surface area (Å²) in [5.74, 6) is -0.105. The molecule has 3 nitrogen and oxygen atoms in total. The second kappa shape index (κ2) is 7.97. The van der Waals surface area contributed by atoms with Crippen LogP contribution in [-0.4, -0.2) is 29.4 Å². The molecule has 1 aromatic heterocycles. The Bertz CT molecular complexity index is 651. The minimum absolute atomic E-state index is 0.105. The first kappa shape index (κ1) is 16.5. The van der Waals surface area contributed by atoms with E-state index in [9.17, 15) is 4.79 Å². The van der Waals surface area contributed by atoms with Crippen molar-refractivity contribution < 1.29 is 4.79 Å². The van der Waals surface area contributed by atoms with Crippen LogP contribution in [0, 0.1) is 0 Å². The quantitative estimate of drug-likeness (QED) is 0.771. The first-order chi connectivity index (χ1) is 10.6. The van der Waals surface area contributed by atoms with Crippen LogP contribution >= 0.6 is 23.2 Å². The molecule has 0 N–H and O–H groups in total. The van der Waals surface area contributed by atoms with Gasteiger partial charge in [0.1, 0.15) is 0 Å². The average Bonchev–Trinajstić information content (AvgIpc) is 2.53. The van der Waals surface area contributed by atoms with Crippen molar-refractivity contribution in [3.63, 3.8) is 0 Å².